The Morgan fingerprint density at radius 3 is 2.50 bits per heavy atom. The van der Waals surface area contributed by atoms with E-state index in [0.29, 0.717) is 18.9 Å². The lowest BCUT2D eigenvalue weighted by Crippen LogP contribution is -2.32. The molecule has 68 valence electrons. The molecule has 0 heterocycles. The topological polar surface area (TPSA) is 29.1 Å². The van der Waals surface area contributed by atoms with Gasteiger partial charge in [-0.25, -0.2) is 0 Å². The number of carbonyl (C=O) groups is 1. The van der Waals surface area contributed by atoms with E-state index in [-0.39, 0.29) is 11.8 Å². The number of hydrogen-bond acceptors (Lipinski definition) is 1. The smallest absolute Gasteiger partial charge is 0.223 e. The van der Waals surface area contributed by atoms with Gasteiger partial charge in [-0.3, -0.25) is 4.79 Å². The highest BCUT2D eigenvalue weighted by Gasteiger charge is 2.15. The fraction of sp³-hybridized carbons (Fsp3) is 0.700. The van der Waals surface area contributed by atoms with Crippen LogP contribution in [0.5, 0.6) is 0 Å². The Morgan fingerprint density at radius 2 is 2.08 bits per heavy atom. The summed E-state index contributed by atoms with van der Waals surface area (Å²) in [4.78, 5) is 11.3. The third-order valence-electron chi connectivity index (χ3n) is 1.98. The van der Waals surface area contributed by atoms with Gasteiger partial charge in [0.1, 0.15) is 0 Å². The van der Waals surface area contributed by atoms with E-state index < -0.39 is 0 Å². The van der Waals surface area contributed by atoms with Gasteiger partial charge in [0.2, 0.25) is 5.91 Å². The quantitative estimate of drug-likeness (QED) is 0.498. The van der Waals surface area contributed by atoms with Crippen LogP contribution in [0, 0.1) is 24.2 Å². The molecule has 2 heteroatoms. The normalized spacial score (nSPS) is 12.2. The average molecular weight is 167 g/mol. The van der Waals surface area contributed by atoms with Crippen molar-refractivity contribution in [2.24, 2.45) is 11.8 Å². The van der Waals surface area contributed by atoms with Gasteiger partial charge in [-0.15, -0.1) is 12.3 Å². The Balaban J connectivity index is 3.66. The molecule has 0 aromatic heterocycles. The van der Waals surface area contributed by atoms with Crippen LogP contribution >= 0.6 is 0 Å². The first-order valence-electron chi connectivity index (χ1n) is 4.30. The maximum absolute atomic E-state index is 11.3. The lowest BCUT2D eigenvalue weighted by Gasteiger charge is -2.14. The van der Waals surface area contributed by atoms with Crippen molar-refractivity contribution in [1.29, 1.82) is 0 Å². The van der Waals surface area contributed by atoms with E-state index in [1.165, 1.54) is 0 Å². The van der Waals surface area contributed by atoms with E-state index in [0.717, 1.165) is 0 Å². The first kappa shape index (κ1) is 11.0. The minimum absolute atomic E-state index is 0.0720. The Bertz CT molecular complexity index is 179. The molecule has 2 nitrogen and oxygen atoms in total. The van der Waals surface area contributed by atoms with E-state index in [1.807, 2.05) is 20.8 Å². The molecule has 0 aliphatic rings. The van der Waals surface area contributed by atoms with E-state index in [9.17, 15) is 4.79 Å². The van der Waals surface area contributed by atoms with E-state index in [4.69, 9.17) is 6.42 Å². The highest BCUT2D eigenvalue weighted by Crippen LogP contribution is 2.08. The Hall–Kier alpha value is -0.970. The highest BCUT2D eigenvalue weighted by atomic mass is 16.1. The molecule has 0 rings (SSSR count). The fourth-order valence-corrected chi connectivity index (χ4v) is 0.722. The second-order valence-electron chi connectivity index (χ2n) is 3.28. The third kappa shape index (κ3) is 4.02. The van der Waals surface area contributed by atoms with Crippen molar-refractivity contribution < 1.29 is 4.79 Å². The zero-order chi connectivity index (χ0) is 9.56. The zero-order valence-electron chi connectivity index (χ0n) is 8.05. The number of carbonyl (C=O) groups excluding carboxylic acids is 1. The molecular formula is C10H17NO. The molecule has 0 saturated heterocycles. The summed E-state index contributed by atoms with van der Waals surface area (Å²) in [7, 11) is 0. The molecule has 0 fully saturated rings. The molecule has 0 saturated carbocycles. The molecule has 0 spiro atoms. The lowest BCUT2D eigenvalue weighted by atomic mass is 9.97. The molecule has 1 atom stereocenters. The van der Waals surface area contributed by atoms with Gasteiger partial charge in [0.25, 0.3) is 0 Å². The Morgan fingerprint density at radius 1 is 1.50 bits per heavy atom. The van der Waals surface area contributed by atoms with Crippen LogP contribution in [0.2, 0.25) is 0 Å². The van der Waals surface area contributed by atoms with Crippen LogP contribution in [0.15, 0.2) is 0 Å². The molecule has 0 aliphatic heterocycles. The third-order valence-corrected chi connectivity index (χ3v) is 1.98. The molecule has 1 amide bonds. The number of terminal acetylenes is 1. The van der Waals surface area contributed by atoms with Crippen molar-refractivity contribution in [2.45, 2.75) is 27.2 Å². The van der Waals surface area contributed by atoms with Crippen molar-refractivity contribution in [3.63, 3.8) is 0 Å². The van der Waals surface area contributed by atoms with E-state index in [1.54, 1.807) is 0 Å². The summed E-state index contributed by atoms with van der Waals surface area (Å²) < 4.78 is 0. The first-order valence-corrected chi connectivity index (χ1v) is 4.30. The highest BCUT2D eigenvalue weighted by molar-refractivity contribution is 5.78. The van der Waals surface area contributed by atoms with Gasteiger partial charge in [0.05, 0.1) is 0 Å². The average Bonchev–Trinajstić information content (AvgIpc) is 2.03. The first-order chi connectivity index (χ1) is 5.59. The standard InChI is InChI=1S/C10H17NO/c1-5-6-7-11-10(12)9(4)8(2)3/h1,8-9H,6-7H2,2-4H3,(H,11,12). The molecular weight excluding hydrogens is 150 g/mol. The van der Waals surface area contributed by atoms with Gasteiger partial charge < -0.3 is 5.32 Å². The Kier molecular flexibility index (Phi) is 5.19. The largest absolute Gasteiger partial charge is 0.355 e. The molecule has 12 heavy (non-hydrogen) atoms. The van der Waals surface area contributed by atoms with Crippen LogP contribution < -0.4 is 5.32 Å². The molecule has 1 N–H and O–H groups in total. The SMILES string of the molecule is C#CCCNC(=O)C(C)C(C)C. The summed E-state index contributed by atoms with van der Waals surface area (Å²) in [6, 6.07) is 0. The number of nitrogens with one attached hydrogen (secondary N) is 1. The van der Waals surface area contributed by atoms with Gasteiger partial charge in [0.15, 0.2) is 0 Å². The summed E-state index contributed by atoms with van der Waals surface area (Å²) in [6.07, 6.45) is 5.66. The molecule has 0 radical (unpaired) electrons. The maximum Gasteiger partial charge on any atom is 0.223 e. The van der Waals surface area contributed by atoms with Crippen molar-refractivity contribution >= 4 is 5.91 Å². The minimum Gasteiger partial charge on any atom is -0.355 e. The van der Waals surface area contributed by atoms with Crippen molar-refractivity contribution in [2.75, 3.05) is 6.54 Å². The van der Waals surface area contributed by atoms with Crippen LogP contribution in [-0.4, -0.2) is 12.5 Å². The van der Waals surface area contributed by atoms with Gasteiger partial charge in [0, 0.05) is 18.9 Å². The van der Waals surface area contributed by atoms with Crippen molar-refractivity contribution in [3.8, 4) is 12.3 Å². The van der Waals surface area contributed by atoms with Crippen LogP contribution in [0.4, 0.5) is 0 Å². The lowest BCUT2D eigenvalue weighted by molar-refractivity contribution is -0.125. The molecule has 1 unspecified atom stereocenters. The summed E-state index contributed by atoms with van der Waals surface area (Å²) >= 11 is 0. The maximum atomic E-state index is 11.3. The van der Waals surface area contributed by atoms with Crippen LogP contribution in [-0.2, 0) is 4.79 Å². The second-order valence-corrected chi connectivity index (χ2v) is 3.28. The van der Waals surface area contributed by atoms with Crippen LogP contribution in [0.1, 0.15) is 27.2 Å². The summed E-state index contributed by atoms with van der Waals surface area (Å²) in [5.74, 6) is 3.03. The number of rotatable bonds is 4. The van der Waals surface area contributed by atoms with Crippen molar-refractivity contribution in [1.82, 2.24) is 5.32 Å². The summed E-state index contributed by atoms with van der Waals surface area (Å²) in [5.41, 5.74) is 0. The van der Waals surface area contributed by atoms with Crippen molar-refractivity contribution in [3.05, 3.63) is 0 Å². The number of amides is 1. The van der Waals surface area contributed by atoms with E-state index >= 15 is 0 Å². The predicted molar refractivity (Wildman–Crippen MR) is 50.5 cm³/mol. The molecule has 0 aromatic rings. The van der Waals surface area contributed by atoms with Gasteiger partial charge in [-0.2, -0.15) is 0 Å². The van der Waals surface area contributed by atoms with Crippen LogP contribution in [0.3, 0.4) is 0 Å². The molecule has 0 aromatic carbocycles. The monoisotopic (exact) mass is 167 g/mol. The number of hydrogen-bond donors (Lipinski definition) is 1. The second kappa shape index (κ2) is 5.65. The zero-order valence-corrected chi connectivity index (χ0v) is 8.05. The molecule has 0 bridgehead atoms. The van der Waals surface area contributed by atoms with E-state index in [2.05, 4.69) is 11.2 Å². The van der Waals surface area contributed by atoms with Gasteiger partial charge in [-0.1, -0.05) is 20.8 Å². The molecule has 0 aliphatic carbocycles. The van der Waals surface area contributed by atoms with Crippen LogP contribution in [0.25, 0.3) is 0 Å². The summed E-state index contributed by atoms with van der Waals surface area (Å²) in [5, 5.41) is 2.78. The van der Waals surface area contributed by atoms with Gasteiger partial charge >= 0.3 is 0 Å². The fourth-order valence-electron chi connectivity index (χ4n) is 0.722. The minimum atomic E-state index is 0.0720. The Labute approximate surface area is 74.7 Å². The predicted octanol–water partition coefficient (Wildman–Crippen LogP) is 1.42. The summed E-state index contributed by atoms with van der Waals surface area (Å²) in [6.45, 7) is 6.58. The van der Waals surface area contributed by atoms with Gasteiger partial charge in [-0.05, 0) is 5.92 Å².